The minimum absolute atomic E-state index is 0.147. The van der Waals surface area contributed by atoms with E-state index >= 15 is 0 Å². The van der Waals surface area contributed by atoms with E-state index in [0.29, 0.717) is 6.42 Å². The van der Waals surface area contributed by atoms with E-state index in [1.165, 1.54) is 5.32 Å². The van der Waals surface area contributed by atoms with Gasteiger partial charge in [-0.1, -0.05) is 13.3 Å². The monoisotopic (exact) mass is 270 g/mol. The quantitative estimate of drug-likeness (QED) is 0.634. The summed E-state index contributed by atoms with van der Waals surface area (Å²) in [6, 6.07) is -1.18. The van der Waals surface area contributed by atoms with Gasteiger partial charge in [0, 0.05) is 0 Å². The molecule has 0 unspecified atom stereocenters. The fourth-order valence-electron chi connectivity index (χ4n) is 1.05. The molecule has 0 fully saturated rings. The van der Waals surface area contributed by atoms with Gasteiger partial charge in [-0.15, -0.1) is 0 Å². The first-order valence-corrected chi connectivity index (χ1v) is 5.05. The number of halogens is 3. The summed E-state index contributed by atoms with van der Waals surface area (Å²) in [4.78, 5) is 32.1. The third kappa shape index (κ3) is 6.06. The molecule has 0 saturated carbocycles. The van der Waals surface area contributed by atoms with Crippen molar-refractivity contribution in [1.82, 2.24) is 10.6 Å². The van der Waals surface area contributed by atoms with Crippen molar-refractivity contribution in [3.8, 4) is 0 Å². The third-order valence-corrected chi connectivity index (χ3v) is 1.88. The van der Waals surface area contributed by atoms with E-state index in [2.05, 4.69) is 0 Å². The van der Waals surface area contributed by atoms with Crippen LogP contribution in [0.4, 0.5) is 13.2 Å². The number of carbonyl (C=O) groups is 3. The smallest absolute Gasteiger partial charge is 0.471 e. The highest BCUT2D eigenvalue weighted by molar-refractivity contribution is 5.89. The van der Waals surface area contributed by atoms with E-state index in [4.69, 9.17) is 5.11 Å². The van der Waals surface area contributed by atoms with Crippen LogP contribution in [0.1, 0.15) is 19.8 Å². The minimum Gasteiger partial charge on any atom is -0.480 e. The molecule has 0 heterocycles. The number of amides is 2. The highest BCUT2D eigenvalue weighted by atomic mass is 19.4. The van der Waals surface area contributed by atoms with Gasteiger partial charge in [0.1, 0.15) is 6.04 Å². The predicted octanol–water partition coefficient (Wildman–Crippen LogP) is 0.0344. The van der Waals surface area contributed by atoms with Gasteiger partial charge in [0.2, 0.25) is 5.91 Å². The molecule has 6 nitrogen and oxygen atoms in total. The first-order valence-electron chi connectivity index (χ1n) is 5.05. The predicted molar refractivity (Wildman–Crippen MR) is 53.5 cm³/mol. The van der Waals surface area contributed by atoms with Crippen LogP contribution in [0, 0.1) is 0 Å². The molecule has 3 N–H and O–H groups in total. The van der Waals surface area contributed by atoms with Crippen LogP contribution >= 0.6 is 0 Å². The zero-order valence-corrected chi connectivity index (χ0v) is 9.50. The Labute approximate surface area is 101 Å². The van der Waals surface area contributed by atoms with Crippen LogP contribution < -0.4 is 10.6 Å². The second-order valence-electron chi connectivity index (χ2n) is 3.43. The Morgan fingerprint density at radius 1 is 1.28 bits per heavy atom. The Hall–Kier alpha value is -1.80. The maximum atomic E-state index is 11.8. The van der Waals surface area contributed by atoms with Crippen molar-refractivity contribution in [3.63, 3.8) is 0 Å². The van der Waals surface area contributed by atoms with Crippen LogP contribution in [0.2, 0.25) is 0 Å². The van der Waals surface area contributed by atoms with Crippen molar-refractivity contribution >= 4 is 17.8 Å². The summed E-state index contributed by atoms with van der Waals surface area (Å²) in [6.45, 7) is 0.763. The normalized spacial score (nSPS) is 12.7. The van der Waals surface area contributed by atoms with Crippen LogP contribution in [0.15, 0.2) is 0 Å². The standard InChI is InChI=1S/C9H13F3N2O4/c1-2-3-5(7(16)17)14-6(15)4-13-8(18)9(10,11)12/h5H,2-4H2,1H3,(H,13,18)(H,14,15)(H,16,17)/t5-/m1/s1. The molecule has 0 bridgehead atoms. The van der Waals surface area contributed by atoms with Crippen LogP contribution in [0.3, 0.4) is 0 Å². The van der Waals surface area contributed by atoms with E-state index in [1.54, 1.807) is 6.92 Å². The first-order chi connectivity index (χ1) is 8.18. The molecular weight excluding hydrogens is 257 g/mol. The number of nitrogens with one attached hydrogen (secondary N) is 2. The number of hydrogen-bond donors (Lipinski definition) is 3. The van der Waals surface area contributed by atoms with Crippen LogP contribution in [-0.4, -0.2) is 41.7 Å². The molecule has 0 aliphatic heterocycles. The largest absolute Gasteiger partial charge is 0.480 e. The summed E-state index contributed by atoms with van der Waals surface area (Å²) in [6.07, 6.45) is -4.45. The van der Waals surface area contributed by atoms with Crippen LogP contribution in [0.5, 0.6) is 0 Å². The minimum atomic E-state index is -5.07. The second-order valence-corrected chi connectivity index (χ2v) is 3.43. The Balaban J connectivity index is 4.18. The lowest BCUT2D eigenvalue weighted by Crippen LogP contribution is -2.47. The number of hydrogen-bond acceptors (Lipinski definition) is 3. The lowest BCUT2D eigenvalue weighted by atomic mass is 10.1. The fraction of sp³-hybridized carbons (Fsp3) is 0.667. The van der Waals surface area contributed by atoms with E-state index in [1.807, 2.05) is 5.32 Å². The molecule has 9 heteroatoms. The summed E-state index contributed by atoms with van der Waals surface area (Å²) in [5.41, 5.74) is 0. The molecule has 0 radical (unpaired) electrons. The highest BCUT2D eigenvalue weighted by Crippen LogP contribution is 2.13. The van der Waals surface area contributed by atoms with Gasteiger partial charge in [-0.3, -0.25) is 9.59 Å². The molecule has 0 aromatic heterocycles. The molecule has 0 spiro atoms. The van der Waals surface area contributed by atoms with Gasteiger partial charge in [-0.2, -0.15) is 13.2 Å². The molecule has 0 aromatic carbocycles. The van der Waals surface area contributed by atoms with Gasteiger partial charge < -0.3 is 15.7 Å². The van der Waals surface area contributed by atoms with Gasteiger partial charge >= 0.3 is 18.1 Å². The fourth-order valence-corrected chi connectivity index (χ4v) is 1.05. The molecule has 0 aliphatic rings. The number of aliphatic carboxylic acids is 1. The number of carboxylic acids is 1. The van der Waals surface area contributed by atoms with Crippen molar-refractivity contribution in [2.45, 2.75) is 32.0 Å². The number of carbonyl (C=O) groups excluding carboxylic acids is 2. The van der Waals surface area contributed by atoms with E-state index < -0.39 is 36.5 Å². The van der Waals surface area contributed by atoms with E-state index in [9.17, 15) is 27.6 Å². The number of rotatable bonds is 6. The van der Waals surface area contributed by atoms with Crippen LogP contribution in [0.25, 0.3) is 0 Å². The summed E-state index contributed by atoms with van der Waals surface area (Å²) >= 11 is 0. The van der Waals surface area contributed by atoms with Gasteiger partial charge in [0.15, 0.2) is 0 Å². The number of alkyl halides is 3. The Morgan fingerprint density at radius 2 is 1.83 bits per heavy atom. The molecule has 0 saturated heterocycles. The SMILES string of the molecule is CCC[C@@H](NC(=O)CNC(=O)C(F)(F)F)C(=O)O. The third-order valence-electron chi connectivity index (χ3n) is 1.88. The maximum Gasteiger partial charge on any atom is 0.471 e. The summed E-state index contributed by atoms with van der Waals surface area (Å²) in [5, 5.41) is 12.0. The van der Waals surface area contributed by atoms with Gasteiger partial charge in [0.25, 0.3) is 0 Å². The Kier molecular flexibility index (Phi) is 6.14. The summed E-state index contributed by atoms with van der Waals surface area (Å²) in [5.74, 6) is -4.53. The van der Waals surface area contributed by atoms with Crippen molar-refractivity contribution in [3.05, 3.63) is 0 Å². The molecule has 104 valence electrons. The molecule has 18 heavy (non-hydrogen) atoms. The Morgan fingerprint density at radius 3 is 2.22 bits per heavy atom. The van der Waals surface area contributed by atoms with Crippen molar-refractivity contribution in [2.75, 3.05) is 6.54 Å². The topological polar surface area (TPSA) is 95.5 Å². The van der Waals surface area contributed by atoms with Gasteiger partial charge in [-0.05, 0) is 6.42 Å². The second kappa shape index (κ2) is 6.82. The van der Waals surface area contributed by atoms with E-state index in [-0.39, 0.29) is 6.42 Å². The van der Waals surface area contributed by atoms with Crippen molar-refractivity contribution in [1.29, 1.82) is 0 Å². The zero-order chi connectivity index (χ0) is 14.3. The molecule has 0 aromatic rings. The summed E-state index contributed by atoms with van der Waals surface area (Å²) < 4.78 is 35.3. The summed E-state index contributed by atoms with van der Waals surface area (Å²) in [7, 11) is 0. The lowest BCUT2D eigenvalue weighted by Gasteiger charge is -2.14. The molecule has 1 atom stereocenters. The van der Waals surface area contributed by atoms with Crippen molar-refractivity contribution < 1.29 is 32.7 Å². The van der Waals surface area contributed by atoms with E-state index in [0.717, 1.165) is 0 Å². The number of carboxylic acid groups (broad SMARTS) is 1. The van der Waals surface area contributed by atoms with Crippen LogP contribution in [-0.2, 0) is 14.4 Å². The molecular formula is C9H13F3N2O4. The lowest BCUT2D eigenvalue weighted by molar-refractivity contribution is -0.173. The maximum absolute atomic E-state index is 11.8. The molecule has 0 rings (SSSR count). The van der Waals surface area contributed by atoms with Gasteiger partial charge in [-0.25, -0.2) is 4.79 Å². The highest BCUT2D eigenvalue weighted by Gasteiger charge is 2.38. The zero-order valence-electron chi connectivity index (χ0n) is 9.50. The Bertz CT molecular complexity index is 330. The van der Waals surface area contributed by atoms with Crippen molar-refractivity contribution in [2.24, 2.45) is 0 Å². The first kappa shape index (κ1) is 16.2. The average molecular weight is 270 g/mol. The molecule has 0 aliphatic carbocycles. The molecule has 2 amide bonds. The van der Waals surface area contributed by atoms with Gasteiger partial charge in [0.05, 0.1) is 6.54 Å². The average Bonchev–Trinajstić information content (AvgIpc) is 2.23.